The van der Waals surface area contributed by atoms with Crippen molar-refractivity contribution in [2.75, 3.05) is 17.7 Å². The van der Waals surface area contributed by atoms with Crippen LogP contribution in [0.5, 0.6) is 0 Å². The molecule has 0 amide bonds. The van der Waals surface area contributed by atoms with Gasteiger partial charge in [0.2, 0.25) is 5.95 Å². The number of halogens is 4. The minimum absolute atomic E-state index is 0.0912. The second-order valence-electron chi connectivity index (χ2n) is 3.77. The van der Waals surface area contributed by atoms with Gasteiger partial charge in [-0.25, -0.2) is 4.98 Å². The van der Waals surface area contributed by atoms with Crippen LogP contribution in [0.3, 0.4) is 0 Å². The van der Waals surface area contributed by atoms with Gasteiger partial charge in [-0.2, -0.15) is 18.2 Å². The van der Waals surface area contributed by atoms with Crippen molar-refractivity contribution in [3.05, 3.63) is 33.1 Å². The van der Waals surface area contributed by atoms with Crippen molar-refractivity contribution in [3.8, 4) is 0 Å². The molecule has 0 aliphatic rings. The molecule has 2 N–H and O–H groups in total. The highest BCUT2D eigenvalue weighted by atomic mass is 35.5. The van der Waals surface area contributed by atoms with E-state index in [0.29, 0.717) is 10.9 Å². The molecular formula is C11H10ClF3N4S. The Bertz CT molecular complexity index is 600. The maximum Gasteiger partial charge on any atom is 0.433 e. The van der Waals surface area contributed by atoms with Crippen LogP contribution in [0.1, 0.15) is 10.6 Å². The minimum atomic E-state index is -4.52. The number of aromatic nitrogens is 2. The van der Waals surface area contributed by atoms with Crippen molar-refractivity contribution < 1.29 is 13.2 Å². The first-order valence-corrected chi connectivity index (χ1v) is 6.70. The first kappa shape index (κ1) is 14.9. The molecule has 20 heavy (non-hydrogen) atoms. The van der Waals surface area contributed by atoms with E-state index in [1.54, 1.807) is 12.1 Å². The number of rotatable bonds is 4. The van der Waals surface area contributed by atoms with Crippen LogP contribution >= 0.6 is 22.9 Å². The number of alkyl halides is 3. The fraction of sp³-hybridized carbons (Fsp3) is 0.273. The Kier molecular flexibility index (Phi) is 4.34. The third-order valence-electron chi connectivity index (χ3n) is 2.31. The Labute approximate surface area is 122 Å². The molecular weight excluding hydrogens is 313 g/mol. The van der Waals surface area contributed by atoms with Gasteiger partial charge in [-0.3, -0.25) is 0 Å². The summed E-state index contributed by atoms with van der Waals surface area (Å²) in [5.41, 5.74) is -0.997. The van der Waals surface area contributed by atoms with Gasteiger partial charge in [0.15, 0.2) is 5.69 Å². The van der Waals surface area contributed by atoms with Crippen LogP contribution in [0.4, 0.5) is 24.9 Å². The summed E-state index contributed by atoms with van der Waals surface area (Å²) in [6.07, 6.45) is -4.52. The second kappa shape index (κ2) is 5.84. The maximum atomic E-state index is 12.7. The third-order valence-corrected chi connectivity index (χ3v) is 3.54. The second-order valence-corrected chi connectivity index (χ2v) is 5.57. The zero-order valence-corrected chi connectivity index (χ0v) is 11.8. The molecule has 0 unspecified atom stereocenters. The van der Waals surface area contributed by atoms with Gasteiger partial charge in [0.1, 0.15) is 5.82 Å². The van der Waals surface area contributed by atoms with Crippen molar-refractivity contribution in [2.24, 2.45) is 0 Å². The molecule has 9 heteroatoms. The van der Waals surface area contributed by atoms with Crippen LogP contribution < -0.4 is 10.6 Å². The Hall–Kier alpha value is -1.54. The highest BCUT2D eigenvalue weighted by molar-refractivity contribution is 7.16. The molecule has 0 radical (unpaired) electrons. The summed E-state index contributed by atoms with van der Waals surface area (Å²) in [5, 5.41) is 5.32. The normalized spacial score (nSPS) is 11.4. The number of anilines is 2. The van der Waals surface area contributed by atoms with Gasteiger partial charge in [0, 0.05) is 18.0 Å². The third kappa shape index (κ3) is 3.73. The Balaban J connectivity index is 2.18. The van der Waals surface area contributed by atoms with E-state index in [9.17, 15) is 13.2 Å². The van der Waals surface area contributed by atoms with Crippen molar-refractivity contribution in [2.45, 2.75) is 12.7 Å². The summed E-state index contributed by atoms with van der Waals surface area (Å²) >= 11 is 7.13. The van der Waals surface area contributed by atoms with Gasteiger partial charge in [-0.15, -0.1) is 11.3 Å². The number of hydrogen-bond donors (Lipinski definition) is 2. The quantitative estimate of drug-likeness (QED) is 0.897. The predicted molar refractivity (Wildman–Crippen MR) is 73.2 cm³/mol. The molecule has 4 nitrogen and oxygen atoms in total. The van der Waals surface area contributed by atoms with Crippen LogP contribution in [0, 0.1) is 0 Å². The lowest BCUT2D eigenvalue weighted by Crippen LogP contribution is -2.12. The van der Waals surface area contributed by atoms with Crippen molar-refractivity contribution >= 4 is 34.7 Å². The molecule has 0 fully saturated rings. The van der Waals surface area contributed by atoms with E-state index >= 15 is 0 Å². The van der Waals surface area contributed by atoms with E-state index in [0.717, 1.165) is 10.9 Å². The van der Waals surface area contributed by atoms with E-state index in [-0.39, 0.29) is 11.8 Å². The molecule has 2 rings (SSSR count). The largest absolute Gasteiger partial charge is 0.433 e. The van der Waals surface area contributed by atoms with E-state index in [2.05, 4.69) is 20.6 Å². The Morgan fingerprint density at radius 1 is 1.30 bits per heavy atom. The van der Waals surface area contributed by atoms with Gasteiger partial charge >= 0.3 is 6.18 Å². The average molecular weight is 323 g/mol. The standard InChI is InChI=1S/C11H10ClF3N4S/c1-16-10-18-7(11(13,14)15)4-9(19-10)17-5-6-2-3-8(12)20-6/h2-4H,5H2,1H3,(H2,16,17,18,19). The molecule has 0 spiro atoms. The van der Waals surface area contributed by atoms with Gasteiger partial charge in [0.05, 0.1) is 10.9 Å². The first-order valence-electron chi connectivity index (χ1n) is 5.50. The van der Waals surface area contributed by atoms with Crippen LogP contribution in [-0.2, 0) is 12.7 Å². The van der Waals surface area contributed by atoms with Crippen molar-refractivity contribution in [3.63, 3.8) is 0 Å². The predicted octanol–water partition coefficient (Wildman–Crippen LogP) is 3.86. The summed E-state index contributed by atoms with van der Waals surface area (Å²) in [6, 6.07) is 4.39. The molecule has 0 atom stereocenters. The average Bonchev–Trinajstić information content (AvgIpc) is 2.81. The van der Waals surface area contributed by atoms with E-state index in [4.69, 9.17) is 11.6 Å². The highest BCUT2D eigenvalue weighted by Crippen LogP contribution is 2.30. The Morgan fingerprint density at radius 2 is 2.05 bits per heavy atom. The lowest BCUT2D eigenvalue weighted by molar-refractivity contribution is -0.141. The molecule has 2 aromatic heterocycles. The van der Waals surface area contributed by atoms with E-state index in [1.807, 2.05) is 0 Å². The summed E-state index contributed by atoms with van der Waals surface area (Å²) < 4.78 is 38.7. The van der Waals surface area contributed by atoms with Gasteiger partial charge in [0.25, 0.3) is 0 Å². The minimum Gasteiger partial charge on any atom is -0.365 e. The van der Waals surface area contributed by atoms with E-state index < -0.39 is 11.9 Å². The molecule has 108 valence electrons. The summed E-state index contributed by atoms with van der Waals surface area (Å²) in [4.78, 5) is 8.20. The van der Waals surface area contributed by atoms with Crippen molar-refractivity contribution in [1.82, 2.24) is 9.97 Å². The summed E-state index contributed by atoms with van der Waals surface area (Å²) in [7, 11) is 1.46. The smallest absolute Gasteiger partial charge is 0.365 e. The molecule has 0 saturated heterocycles. The maximum absolute atomic E-state index is 12.7. The summed E-state index contributed by atoms with van der Waals surface area (Å²) in [5.74, 6) is 0.00716. The van der Waals surface area contributed by atoms with E-state index in [1.165, 1.54) is 18.4 Å². The fourth-order valence-corrected chi connectivity index (χ4v) is 2.45. The topological polar surface area (TPSA) is 49.8 Å². The zero-order chi connectivity index (χ0) is 14.8. The molecule has 0 aliphatic carbocycles. The van der Waals surface area contributed by atoms with Crippen LogP contribution in [-0.4, -0.2) is 17.0 Å². The van der Waals surface area contributed by atoms with Crippen LogP contribution in [0.2, 0.25) is 4.34 Å². The fourth-order valence-electron chi connectivity index (χ4n) is 1.42. The molecule has 0 bridgehead atoms. The van der Waals surface area contributed by atoms with Gasteiger partial charge in [-0.1, -0.05) is 11.6 Å². The molecule has 0 aromatic carbocycles. The van der Waals surface area contributed by atoms with Gasteiger partial charge < -0.3 is 10.6 Å². The zero-order valence-electron chi connectivity index (χ0n) is 10.3. The highest BCUT2D eigenvalue weighted by Gasteiger charge is 2.33. The lowest BCUT2D eigenvalue weighted by Gasteiger charge is -2.11. The Morgan fingerprint density at radius 3 is 2.60 bits per heavy atom. The molecule has 0 saturated carbocycles. The van der Waals surface area contributed by atoms with Crippen molar-refractivity contribution in [1.29, 1.82) is 0 Å². The van der Waals surface area contributed by atoms with Gasteiger partial charge in [-0.05, 0) is 12.1 Å². The lowest BCUT2D eigenvalue weighted by atomic mass is 10.3. The number of nitrogens with zero attached hydrogens (tertiary/aromatic N) is 2. The molecule has 2 heterocycles. The number of hydrogen-bond acceptors (Lipinski definition) is 5. The molecule has 0 aliphatic heterocycles. The van der Waals surface area contributed by atoms with Crippen LogP contribution in [0.15, 0.2) is 18.2 Å². The SMILES string of the molecule is CNc1nc(NCc2ccc(Cl)s2)cc(C(F)(F)F)n1. The number of thiophene rings is 1. The molecule has 2 aromatic rings. The van der Waals surface area contributed by atoms with Crippen LogP contribution in [0.25, 0.3) is 0 Å². The number of nitrogens with one attached hydrogen (secondary N) is 2. The summed E-state index contributed by atoms with van der Waals surface area (Å²) in [6.45, 7) is 0.342. The first-order chi connectivity index (χ1) is 9.38. The monoisotopic (exact) mass is 322 g/mol.